The maximum atomic E-state index is 12.4. The minimum Gasteiger partial charge on any atom is -0.497 e. The topological polar surface area (TPSA) is 88.6 Å². The van der Waals surface area contributed by atoms with Crippen molar-refractivity contribution in [3.8, 4) is 5.75 Å². The zero-order valence-electron chi connectivity index (χ0n) is 13.8. The van der Waals surface area contributed by atoms with E-state index in [1.165, 1.54) is 19.2 Å². The van der Waals surface area contributed by atoms with Gasteiger partial charge in [0, 0.05) is 18.5 Å². The van der Waals surface area contributed by atoms with Gasteiger partial charge < -0.3 is 9.64 Å². The fourth-order valence-corrected chi connectivity index (χ4v) is 4.54. The molecule has 2 heterocycles. The van der Waals surface area contributed by atoms with Crippen LogP contribution in [-0.2, 0) is 10.0 Å². The van der Waals surface area contributed by atoms with E-state index in [1.807, 2.05) is 0 Å². The standard InChI is InChI=1S/C16H19N3O4S2/c1-23-12-5-7-13(8-6-12)25(21,22)18-16-17-14(11-24-16)15(20)19-9-3-2-4-10-19/h5-8,11H,2-4,9-10H2,1H3,(H,17,18). The molecule has 1 aromatic heterocycles. The van der Waals surface area contributed by atoms with Gasteiger partial charge in [-0.15, -0.1) is 11.3 Å². The van der Waals surface area contributed by atoms with Crippen molar-refractivity contribution in [2.45, 2.75) is 24.2 Å². The van der Waals surface area contributed by atoms with Crippen LogP contribution in [0.3, 0.4) is 0 Å². The summed E-state index contributed by atoms with van der Waals surface area (Å²) in [4.78, 5) is 18.4. The van der Waals surface area contributed by atoms with Gasteiger partial charge in [0.2, 0.25) is 0 Å². The summed E-state index contributed by atoms with van der Waals surface area (Å²) in [5.41, 5.74) is 0.277. The van der Waals surface area contributed by atoms with Gasteiger partial charge in [-0.2, -0.15) is 0 Å². The number of likely N-dealkylation sites (tertiary alicyclic amines) is 1. The van der Waals surface area contributed by atoms with Gasteiger partial charge in [-0.25, -0.2) is 13.4 Å². The van der Waals surface area contributed by atoms with Crippen LogP contribution in [0.25, 0.3) is 0 Å². The number of sulfonamides is 1. The molecule has 0 unspecified atom stereocenters. The average Bonchev–Trinajstić information content (AvgIpc) is 3.09. The van der Waals surface area contributed by atoms with Crippen molar-refractivity contribution in [3.63, 3.8) is 0 Å². The van der Waals surface area contributed by atoms with Gasteiger partial charge in [0.15, 0.2) is 5.13 Å². The Morgan fingerprint density at radius 3 is 2.52 bits per heavy atom. The summed E-state index contributed by atoms with van der Waals surface area (Å²) in [5.74, 6) is 0.424. The molecule has 1 fully saturated rings. The minimum atomic E-state index is -3.76. The van der Waals surface area contributed by atoms with Crippen molar-refractivity contribution in [3.05, 3.63) is 35.3 Å². The zero-order chi connectivity index (χ0) is 17.9. The Hall–Kier alpha value is -2.13. The number of nitrogens with zero attached hydrogens (tertiary/aromatic N) is 2. The van der Waals surface area contributed by atoms with Crippen LogP contribution in [0.4, 0.5) is 5.13 Å². The molecule has 1 N–H and O–H groups in total. The van der Waals surface area contributed by atoms with Crippen LogP contribution < -0.4 is 9.46 Å². The van der Waals surface area contributed by atoms with E-state index in [9.17, 15) is 13.2 Å². The first-order valence-electron chi connectivity index (χ1n) is 7.91. The van der Waals surface area contributed by atoms with Gasteiger partial charge in [-0.3, -0.25) is 9.52 Å². The number of amides is 1. The second-order valence-electron chi connectivity index (χ2n) is 5.67. The van der Waals surface area contributed by atoms with Crippen molar-refractivity contribution >= 4 is 32.4 Å². The Labute approximate surface area is 150 Å². The fourth-order valence-electron chi connectivity index (χ4n) is 2.61. The van der Waals surface area contributed by atoms with Gasteiger partial charge in [-0.1, -0.05) is 0 Å². The summed E-state index contributed by atoms with van der Waals surface area (Å²) >= 11 is 1.10. The SMILES string of the molecule is COc1ccc(S(=O)(=O)Nc2nc(C(=O)N3CCCCC3)cs2)cc1. The van der Waals surface area contributed by atoms with Gasteiger partial charge in [0.1, 0.15) is 11.4 Å². The van der Waals surface area contributed by atoms with Gasteiger partial charge >= 0.3 is 0 Å². The molecule has 0 atom stereocenters. The van der Waals surface area contributed by atoms with E-state index in [0.717, 1.165) is 43.7 Å². The number of benzene rings is 1. The predicted molar refractivity (Wildman–Crippen MR) is 95.7 cm³/mol. The maximum absolute atomic E-state index is 12.4. The molecule has 134 valence electrons. The lowest BCUT2D eigenvalue weighted by molar-refractivity contribution is 0.0719. The smallest absolute Gasteiger partial charge is 0.273 e. The zero-order valence-corrected chi connectivity index (χ0v) is 15.4. The number of hydrogen-bond acceptors (Lipinski definition) is 6. The second-order valence-corrected chi connectivity index (χ2v) is 8.21. The third kappa shape index (κ3) is 4.10. The summed E-state index contributed by atoms with van der Waals surface area (Å²) in [5, 5.41) is 1.76. The molecule has 1 aliphatic heterocycles. The summed E-state index contributed by atoms with van der Waals surface area (Å²) in [6.07, 6.45) is 3.12. The number of methoxy groups -OCH3 is 1. The second kappa shape index (κ2) is 7.40. The van der Waals surface area contributed by atoms with E-state index >= 15 is 0 Å². The van der Waals surface area contributed by atoms with E-state index in [-0.39, 0.29) is 21.6 Å². The highest BCUT2D eigenvalue weighted by molar-refractivity contribution is 7.93. The minimum absolute atomic E-state index is 0.104. The molecule has 0 aliphatic carbocycles. The third-order valence-electron chi connectivity index (χ3n) is 3.96. The Bertz CT molecular complexity index is 841. The molecule has 0 spiro atoms. The van der Waals surface area contributed by atoms with Gasteiger partial charge in [0.25, 0.3) is 15.9 Å². The molecule has 1 amide bonds. The number of ether oxygens (including phenoxy) is 1. The van der Waals surface area contributed by atoms with Crippen LogP contribution in [-0.4, -0.2) is 44.4 Å². The molecule has 3 rings (SSSR count). The van der Waals surface area contributed by atoms with Crippen LogP contribution >= 0.6 is 11.3 Å². The molecule has 0 radical (unpaired) electrons. The Kier molecular flexibility index (Phi) is 5.24. The molecular weight excluding hydrogens is 362 g/mol. The van der Waals surface area contributed by atoms with Crippen LogP contribution in [0.2, 0.25) is 0 Å². The lowest BCUT2D eigenvalue weighted by atomic mass is 10.1. The highest BCUT2D eigenvalue weighted by Crippen LogP contribution is 2.23. The summed E-state index contributed by atoms with van der Waals surface area (Å²) in [6.45, 7) is 1.45. The molecule has 1 aromatic carbocycles. The Morgan fingerprint density at radius 1 is 1.20 bits per heavy atom. The largest absolute Gasteiger partial charge is 0.497 e. The lowest BCUT2D eigenvalue weighted by Gasteiger charge is -2.25. The number of piperidine rings is 1. The Balaban J connectivity index is 1.72. The van der Waals surface area contributed by atoms with Crippen molar-refractivity contribution in [2.24, 2.45) is 0 Å². The molecule has 0 saturated carbocycles. The van der Waals surface area contributed by atoms with Gasteiger partial charge in [-0.05, 0) is 43.5 Å². The molecule has 0 bridgehead atoms. The van der Waals surface area contributed by atoms with Crippen LogP contribution in [0.15, 0.2) is 34.5 Å². The van der Waals surface area contributed by atoms with E-state index < -0.39 is 10.0 Å². The first kappa shape index (κ1) is 17.7. The van der Waals surface area contributed by atoms with E-state index in [0.29, 0.717) is 5.75 Å². The normalized spacial score (nSPS) is 15.0. The number of thiazole rings is 1. The summed E-state index contributed by atoms with van der Waals surface area (Å²) < 4.78 is 32.2. The van der Waals surface area contributed by atoms with E-state index in [2.05, 4.69) is 9.71 Å². The van der Waals surface area contributed by atoms with Gasteiger partial charge in [0.05, 0.1) is 12.0 Å². The predicted octanol–water partition coefficient (Wildman–Crippen LogP) is 2.58. The highest BCUT2D eigenvalue weighted by Gasteiger charge is 2.22. The first-order valence-corrected chi connectivity index (χ1v) is 10.3. The molecule has 1 saturated heterocycles. The maximum Gasteiger partial charge on any atom is 0.273 e. The molecular formula is C16H19N3O4S2. The highest BCUT2D eigenvalue weighted by atomic mass is 32.2. The molecule has 9 heteroatoms. The molecule has 2 aromatic rings. The average molecular weight is 381 g/mol. The van der Waals surface area contributed by atoms with Crippen LogP contribution in [0.5, 0.6) is 5.75 Å². The summed E-state index contributed by atoms with van der Waals surface area (Å²) in [6, 6.07) is 6.05. The van der Waals surface area contributed by atoms with Crippen LogP contribution in [0.1, 0.15) is 29.8 Å². The number of carbonyl (C=O) groups is 1. The number of nitrogens with one attached hydrogen (secondary N) is 1. The summed E-state index contributed by atoms with van der Waals surface area (Å²) in [7, 11) is -2.25. The number of anilines is 1. The number of aromatic nitrogens is 1. The van der Waals surface area contributed by atoms with E-state index in [4.69, 9.17) is 4.74 Å². The number of rotatable bonds is 5. The Morgan fingerprint density at radius 2 is 1.88 bits per heavy atom. The van der Waals surface area contributed by atoms with Crippen molar-refractivity contribution in [1.29, 1.82) is 0 Å². The fraction of sp³-hybridized carbons (Fsp3) is 0.375. The van der Waals surface area contributed by atoms with Crippen molar-refractivity contribution in [1.82, 2.24) is 9.88 Å². The quantitative estimate of drug-likeness (QED) is 0.860. The first-order chi connectivity index (χ1) is 12.0. The van der Waals surface area contributed by atoms with Crippen LogP contribution in [0, 0.1) is 0 Å². The van der Waals surface area contributed by atoms with Crippen molar-refractivity contribution in [2.75, 3.05) is 24.9 Å². The molecule has 25 heavy (non-hydrogen) atoms. The third-order valence-corrected chi connectivity index (χ3v) is 6.20. The number of carbonyl (C=O) groups excluding carboxylic acids is 1. The number of hydrogen-bond donors (Lipinski definition) is 1. The van der Waals surface area contributed by atoms with E-state index in [1.54, 1.807) is 22.4 Å². The molecule has 1 aliphatic rings. The van der Waals surface area contributed by atoms with Crippen molar-refractivity contribution < 1.29 is 17.9 Å². The molecule has 7 nitrogen and oxygen atoms in total. The monoisotopic (exact) mass is 381 g/mol. The lowest BCUT2D eigenvalue weighted by Crippen LogP contribution is -2.35.